The van der Waals surface area contributed by atoms with Gasteiger partial charge in [-0.15, -0.1) is 0 Å². The van der Waals surface area contributed by atoms with Crippen molar-refractivity contribution in [2.75, 3.05) is 7.11 Å². The summed E-state index contributed by atoms with van der Waals surface area (Å²) in [5, 5.41) is 9.98. The Balaban J connectivity index is 1.72. The number of hydrogen-bond donors (Lipinski definition) is 1. The van der Waals surface area contributed by atoms with Crippen LogP contribution >= 0.6 is 11.6 Å². The van der Waals surface area contributed by atoms with E-state index in [4.69, 9.17) is 21.1 Å². The van der Waals surface area contributed by atoms with Gasteiger partial charge in [-0.25, -0.2) is 4.79 Å². The van der Waals surface area contributed by atoms with E-state index in [0.29, 0.717) is 17.4 Å². The maximum atomic E-state index is 11.5. The predicted octanol–water partition coefficient (Wildman–Crippen LogP) is 6.39. The van der Waals surface area contributed by atoms with Gasteiger partial charge in [0.1, 0.15) is 18.1 Å². The molecule has 0 aliphatic carbocycles. The second kappa shape index (κ2) is 9.20. The van der Waals surface area contributed by atoms with Crippen molar-refractivity contribution in [1.82, 2.24) is 4.57 Å². The predicted molar refractivity (Wildman–Crippen MR) is 125 cm³/mol. The zero-order valence-electron chi connectivity index (χ0n) is 17.7. The highest BCUT2D eigenvalue weighted by Gasteiger charge is 2.16. The summed E-state index contributed by atoms with van der Waals surface area (Å²) >= 11 is 6.33. The molecule has 0 atom stereocenters. The Bertz CT molecular complexity index is 1260. The monoisotopic (exact) mass is 447 g/mol. The SMILES string of the molecule is COc1ccc(COc2ccc(Cl)cc2-c2ccc(C)n2-c2cccc(C(=O)O)c2)cc1. The van der Waals surface area contributed by atoms with Crippen molar-refractivity contribution < 1.29 is 19.4 Å². The molecule has 32 heavy (non-hydrogen) atoms. The fourth-order valence-corrected chi connectivity index (χ4v) is 3.75. The average molecular weight is 448 g/mol. The minimum Gasteiger partial charge on any atom is -0.497 e. The molecule has 6 heteroatoms. The van der Waals surface area contributed by atoms with Gasteiger partial charge in [-0.1, -0.05) is 29.8 Å². The van der Waals surface area contributed by atoms with Gasteiger partial charge in [0.2, 0.25) is 0 Å². The number of benzene rings is 3. The van der Waals surface area contributed by atoms with Gasteiger partial charge in [0, 0.05) is 22.0 Å². The van der Waals surface area contributed by atoms with Crippen molar-refractivity contribution in [1.29, 1.82) is 0 Å². The number of hydrogen-bond acceptors (Lipinski definition) is 3. The highest BCUT2D eigenvalue weighted by molar-refractivity contribution is 6.31. The van der Waals surface area contributed by atoms with Crippen LogP contribution in [0, 0.1) is 6.92 Å². The first kappa shape index (κ1) is 21.5. The van der Waals surface area contributed by atoms with Gasteiger partial charge in [0.25, 0.3) is 0 Å². The van der Waals surface area contributed by atoms with E-state index in [9.17, 15) is 9.90 Å². The third-order valence-corrected chi connectivity index (χ3v) is 5.43. The van der Waals surface area contributed by atoms with Crippen LogP contribution in [0.25, 0.3) is 16.9 Å². The van der Waals surface area contributed by atoms with Crippen LogP contribution < -0.4 is 9.47 Å². The molecule has 0 saturated heterocycles. The van der Waals surface area contributed by atoms with Crippen LogP contribution in [0.1, 0.15) is 21.6 Å². The molecule has 4 rings (SSSR count). The lowest BCUT2D eigenvalue weighted by Gasteiger charge is -2.16. The molecule has 1 N–H and O–H groups in total. The zero-order chi connectivity index (χ0) is 22.7. The first-order valence-electron chi connectivity index (χ1n) is 10.0. The largest absolute Gasteiger partial charge is 0.497 e. The number of halogens is 1. The van der Waals surface area contributed by atoms with E-state index >= 15 is 0 Å². The van der Waals surface area contributed by atoms with Gasteiger partial charge < -0.3 is 19.1 Å². The topological polar surface area (TPSA) is 60.7 Å². The molecule has 4 aromatic rings. The van der Waals surface area contributed by atoms with Crippen molar-refractivity contribution in [3.05, 3.63) is 101 Å². The molecule has 5 nitrogen and oxygen atoms in total. The van der Waals surface area contributed by atoms with Crippen molar-refractivity contribution in [3.63, 3.8) is 0 Å². The molecular formula is C26H22ClNO4. The van der Waals surface area contributed by atoms with E-state index in [1.807, 2.05) is 66.1 Å². The molecule has 0 unspecified atom stereocenters. The highest BCUT2D eigenvalue weighted by atomic mass is 35.5. The maximum Gasteiger partial charge on any atom is 0.335 e. The van der Waals surface area contributed by atoms with Crippen molar-refractivity contribution in [3.8, 4) is 28.4 Å². The Morgan fingerprint density at radius 1 is 1.00 bits per heavy atom. The Kier molecular flexibility index (Phi) is 6.19. The van der Waals surface area contributed by atoms with Crippen LogP contribution in [0.15, 0.2) is 78.9 Å². The second-order valence-electron chi connectivity index (χ2n) is 7.33. The Hall–Kier alpha value is -3.70. The molecule has 0 saturated carbocycles. The number of aryl methyl sites for hydroxylation is 1. The Morgan fingerprint density at radius 2 is 1.78 bits per heavy atom. The van der Waals surface area contributed by atoms with Gasteiger partial charge in [-0.2, -0.15) is 0 Å². The van der Waals surface area contributed by atoms with Crippen LogP contribution in [0.4, 0.5) is 0 Å². The number of aromatic carboxylic acids is 1. The van der Waals surface area contributed by atoms with E-state index in [1.54, 1.807) is 31.4 Å². The Morgan fingerprint density at radius 3 is 2.50 bits per heavy atom. The summed E-state index contributed by atoms with van der Waals surface area (Å²) in [6.07, 6.45) is 0. The molecule has 1 aromatic heterocycles. The highest BCUT2D eigenvalue weighted by Crippen LogP contribution is 2.36. The molecule has 0 bridgehead atoms. The standard InChI is InChI=1S/C26H22ClNO4/c1-17-6-12-24(28(17)21-5-3-4-19(14-21)26(29)30)23-15-20(27)9-13-25(23)32-16-18-7-10-22(31-2)11-8-18/h3-15H,16H2,1-2H3,(H,29,30). The molecule has 0 aliphatic heterocycles. The molecule has 0 radical (unpaired) electrons. The van der Waals surface area contributed by atoms with Crippen molar-refractivity contribution >= 4 is 17.6 Å². The number of rotatable bonds is 7. The van der Waals surface area contributed by atoms with Gasteiger partial charge in [-0.05, 0) is 73.2 Å². The van der Waals surface area contributed by atoms with Crippen molar-refractivity contribution in [2.45, 2.75) is 13.5 Å². The van der Waals surface area contributed by atoms with Gasteiger partial charge in [0.05, 0.1) is 18.4 Å². The number of nitrogens with zero attached hydrogens (tertiary/aromatic N) is 1. The number of carboxylic acids is 1. The zero-order valence-corrected chi connectivity index (χ0v) is 18.5. The van der Waals surface area contributed by atoms with E-state index in [-0.39, 0.29) is 5.56 Å². The summed E-state index contributed by atoms with van der Waals surface area (Å²) in [5.41, 5.74) is 4.63. The summed E-state index contributed by atoms with van der Waals surface area (Å²) in [7, 11) is 1.63. The number of carboxylic acid groups (broad SMARTS) is 1. The maximum absolute atomic E-state index is 11.5. The van der Waals surface area contributed by atoms with E-state index in [0.717, 1.165) is 34.0 Å². The summed E-state index contributed by atoms with van der Waals surface area (Å²) in [5.74, 6) is 0.501. The average Bonchev–Trinajstić information content (AvgIpc) is 3.19. The summed E-state index contributed by atoms with van der Waals surface area (Å²) < 4.78 is 13.4. The van der Waals surface area contributed by atoms with Gasteiger partial charge in [0.15, 0.2) is 0 Å². The normalized spacial score (nSPS) is 10.7. The minimum absolute atomic E-state index is 0.226. The van der Waals surface area contributed by atoms with Crippen LogP contribution in [0.5, 0.6) is 11.5 Å². The number of carbonyl (C=O) groups is 1. The van der Waals surface area contributed by atoms with Crippen molar-refractivity contribution in [2.24, 2.45) is 0 Å². The van der Waals surface area contributed by atoms with E-state index < -0.39 is 5.97 Å². The first-order chi connectivity index (χ1) is 15.5. The third-order valence-electron chi connectivity index (χ3n) is 5.20. The molecule has 162 valence electrons. The second-order valence-corrected chi connectivity index (χ2v) is 7.76. The summed E-state index contributed by atoms with van der Waals surface area (Å²) in [6.45, 7) is 2.35. The lowest BCUT2D eigenvalue weighted by Crippen LogP contribution is -2.04. The Labute approximate surface area is 191 Å². The van der Waals surface area contributed by atoms with E-state index in [2.05, 4.69) is 0 Å². The quantitative estimate of drug-likeness (QED) is 0.356. The fraction of sp³-hybridized carbons (Fsp3) is 0.115. The molecular weight excluding hydrogens is 426 g/mol. The number of ether oxygens (including phenoxy) is 2. The van der Waals surface area contributed by atoms with Crippen LogP contribution in [-0.2, 0) is 6.61 Å². The first-order valence-corrected chi connectivity index (χ1v) is 10.4. The smallest absolute Gasteiger partial charge is 0.335 e. The molecule has 0 spiro atoms. The summed E-state index contributed by atoms with van der Waals surface area (Å²) in [4.78, 5) is 11.5. The third kappa shape index (κ3) is 4.48. The molecule has 0 amide bonds. The molecule has 0 aliphatic rings. The molecule has 1 heterocycles. The van der Waals surface area contributed by atoms with E-state index in [1.165, 1.54) is 0 Å². The van der Waals surface area contributed by atoms with Gasteiger partial charge >= 0.3 is 5.97 Å². The lowest BCUT2D eigenvalue weighted by atomic mass is 10.1. The summed E-state index contributed by atoms with van der Waals surface area (Å²) in [6, 6.07) is 24.0. The van der Waals surface area contributed by atoms with Crippen LogP contribution in [0.3, 0.4) is 0 Å². The van der Waals surface area contributed by atoms with Gasteiger partial charge in [-0.3, -0.25) is 0 Å². The fourth-order valence-electron chi connectivity index (χ4n) is 3.58. The van der Waals surface area contributed by atoms with Crippen LogP contribution in [0.2, 0.25) is 5.02 Å². The van der Waals surface area contributed by atoms with Crippen LogP contribution in [-0.4, -0.2) is 22.8 Å². The molecule has 3 aromatic carbocycles. The molecule has 0 fully saturated rings. The minimum atomic E-state index is -0.968. The number of aromatic nitrogens is 1. The number of methoxy groups -OCH3 is 1. The lowest BCUT2D eigenvalue weighted by molar-refractivity contribution is 0.0697.